The number of Topliss-reactive ketones (excluding diaryl/α,β-unsaturated/α-hetero) is 1. The highest BCUT2D eigenvalue weighted by molar-refractivity contribution is 5.97. The molecule has 1 atom stereocenters. The Morgan fingerprint density at radius 2 is 1.75 bits per heavy atom. The molecule has 0 aromatic rings. The smallest absolute Gasteiger partial charge is 0.310 e. The fourth-order valence-electron chi connectivity index (χ4n) is 1.55. The molecule has 0 aromatic heterocycles. The summed E-state index contributed by atoms with van der Waals surface area (Å²) in [7, 11) is 0. The Balaban J connectivity index is 4.16. The number of esters is 1. The van der Waals surface area contributed by atoms with Gasteiger partial charge in [0.2, 0.25) is 0 Å². The monoisotopic (exact) mass is 282 g/mol. The molecule has 0 aliphatic carbocycles. The molecule has 0 radical (unpaired) electrons. The first kappa shape index (κ1) is 18.6. The maximum absolute atomic E-state index is 11.6. The van der Waals surface area contributed by atoms with Crippen molar-refractivity contribution in [3.8, 4) is 0 Å². The fourth-order valence-corrected chi connectivity index (χ4v) is 1.55. The summed E-state index contributed by atoms with van der Waals surface area (Å²) in [5, 5.41) is 0. The summed E-state index contributed by atoms with van der Waals surface area (Å²) in [5.41, 5.74) is 0.616. The van der Waals surface area contributed by atoms with Crippen LogP contribution in [0, 0.1) is 0 Å². The Morgan fingerprint density at radius 3 is 2.20 bits per heavy atom. The third-order valence-electron chi connectivity index (χ3n) is 2.70. The zero-order chi connectivity index (χ0) is 15.9. The number of rotatable bonds is 9. The third-order valence-corrected chi connectivity index (χ3v) is 2.70. The Labute approximate surface area is 121 Å². The van der Waals surface area contributed by atoms with Gasteiger partial charge in [-0.3, -0.25) is 9.59 Å². The molecule has 0 aromatic carbocycles. The lowest BCUT2D eigenvalue weighted by Gasteiger charge is -2.25. The van der Waals surface area contributed by atoms with E-state index in [1.165, 1.54) is 0 Å². The summed E-state index contributed by atoms with van der Waals surface area (Å²) in [6.07, 6.45) is 0.215. The van der Waals surface area contributed by atoms with Gasteiger partial charge >= 0.3 is 5.97 Å². The Bertz CT molecular complexity index is 393. The molecule has 0 heterocycles. The third kappa shape index (κ3) is 7.89. The highest BCUT2D eigenvalue weighted by atomic mass is 16.6. The quantitative estimate of drug-likeness (QED) is 0.370. The topological polar surface area (TPSA) is 52.6 Å². The van der Waals surface area contributed by atoms with E-state index in [4.69, 9.17) is 9.47 Å². The van der Waals surface area contributed by atoms with E-state index in [0.717, 1.165) is 5.57 Å². The predicted octanol–water partition coefficient (Wildman–Crippen LogP) is 3.21. The number of ketones is 1. The minimum Gasteiger partial charge on any atom is -0.459 e. The van der Waals surface area contributed by atoms with Crippen LogP contribution >= 0.6 is 0 Å². The number of hydrogen-bond acceptors (Lipinski definition) is 4. The summed E-state index contributed by atoms with van der Waals surface area (Å²) in [6, 6.07) is 0. The molecule has 0 aliphatic rings. The van der Waals surface area contributed by atoms with Crippen LogP contribution in [0.5, 0.6) is 0 Å². The molecule has 0 saturated carbocycles. The minimum absolute atomic E-state index is 0.109. The molecule has 20 heavy (non-hydrogen) atoms. The Morgan fingerprint density at radius 1 is 1.20 bits per heavy atom. The number of carbonyl (C=O) groups is 2. The summed E-state index contributed by atoms with van der Waals surface area (Å²) >= 11 is 0. The molecule has 0 fully saturated rings. The second kappa shape index (κ2) is 8.00. The van der Waals surface area contributed by atoms with Crippen LogP contribution in [0.15, 0.2) is 24.3 Å². The van der Waals surface area contributed by atoms with E-state index in [9.17, 15) is 9.59 Å². The molecule has 114 valence electrons. The summed E-state index contributed by atoms with van der Waals surface area (Å²) in [5.74, 6) is -0.407. The van der Waals surface area contributed by atoms with Crippen molar-refractivity contribution in [2.24, 2.45) is 0 Å². The van der Waals surface area contributed by atoms with Gasteiger partial charge in [-0.25, -0.2) is 0 Å². The second-order valence-electron chi connectivity index (χ2n) is 5.78. The van der Waals surface area contributed by atoms with Crippen molar-refractivity contribution in [1.82, 2.24) is 0 Å². The van der Waals surface area contributed by atoms with Crippen LogP contribution in [0.25, 0.3) is 0 Å². The first-order chi connectivity index (χ1) is 9.05. The molecule has 4 heteroatoms. The standard InChI is InChI=1S/C16H26O4/c1-11(2)10-14(17)20-16(6,7)8-9-19-13(5)15(18)12(3)4/h13H,1,3,8-10H2,2,4-7H3. The van der Waals surface area contributed by atoms with E-state index in [2.05, 4.69) is 13.2 Å². The lowest BCUT2D eigenvalue weighted by molar-refractivity contribution is -0.157. The van der Waals surface area contributed by atoms with Gasteiger partial charge in [0.25, 0.3) is 0 Å². The van der Waals surface area contributed by atoms with Crippen LogP contribution in [0.3, 0.4) is 0 Å². The lowest BCUT2D eigenvalue weighted by Crippen LogP contribution is -2.31. The predicted molar refractivity (Wildman–Crippen MR) is 79.5 cm³/mol. The first-order valence-electron chi connectivity index (χ1n) is 6.72. The molecular formula is C16H26O4. The van der Waals surface area contributed by atoms with Gasteiger partial charge in [0.1, 0.15) is 11.7 Å². The average molecular weight is 282 g/mol. The highest BCUT2D eigenvalue weighted by Gasteiger charge is 2.23. The minimum atomic E-state index is -0.626. The maximum Gasteiger partial charge on any atom is 0.310 e. The van der Waals surface area contributed by atoms with Gasteiger partial charge in [0.15, 0.2) is 5.78 Å². The molecule has 0 aliphatic heterocycles. The first-order valence-corrected chi connectivity index (χ1v) is 6.72. The molecule has 0 amide bonds. The molecule has 4 nitrogen and oxygen atoms in total. The van der Waals surface area contributed by atoms with Crippen molar-refractivity contribution in [2.45, 2.75) is 59.2 Å². The van der Waals surface area contributed by atoms with Crippen LogP contribution in [-0.2, 0) is 19.1 Å². The molecule has 0 spiro atoms. The van der Waals surface area contributed by atoms with Gasteiger partial charge < -0.3 is 9.47 Å². The average Bonchev–Trinajstić information content (AvgIpc) is 2.24. The molecule has 0 saturated heterocycles. The Kier molecular flexibility index (Phi) is 7.43. The summed E-state index contributed by atoms with van der Waals surface area (Å²) in [4.78, 5) is 23.2. The van der Waals surface area contributed by atoms with E-state index >= 15 is 0 Å². The van der Waals surface area contributed by atoms with E-state index in [0.29, 0.717) is 18.6 Å². The molecular weight excluding hydrogens is 256 g/mol. The zero-order valence-electron chi connectivity index (χ0n) is 13.2. The molecule has 0 bridgehead atoms. The van der Waals surface area contributed by atoms with E-state index in [1.54, 1.807) is 20.8 Å². The van der Waals surface area contributed by atoms with E-state index in [1.807, 2.05) is 13.8 Å². The largest absolute Gasteiger partial charge is 0.459 e. The lowest BCUT2D eigenvalue weighted by atomic mass is 10.1. The Hall–Kier alpha value is -1.42. The van der Waals surface area contributed by atoms with Crippen molar-refractivity contribution in [3.63, 3.8) is 0 Å². The van der Waals surface area contributed by atoms with Gasteiger partial charge in [0, 0.05) is 6.42 Å². The normalized spacial score (nSPS) is 12.7. The second-order valence-corrected chi connectivity index (χ2v) is 5.78. The zero-order valence-corrected chi connectivity index (χ0v) is 13.2. The fraction of sp³-hybridized carbons (Fsp3) is 0.625. The van der Waals surface area contributed by atoms with Gasteiger partial charge in [0.05, 0.1) is 13.0 Å². The summed E-state index contributed by atoms with van der Waals surface area (Å²) < 4.78 is 10.8. The highest BCUT2D eigenvalue weighted by Crippen LogP contribution is 2.17. The van der Waals surface area contributed by atoms with Gasteiger partial charge in [-0.15, -0.1) is 0 Å². The van der Waals surface area contributed by atoms with Crippen LogP contribution in [0.1, 0.15) is 47.5 Å². The molecule has 0 rings (SSSR count). The van der Waals surface area contributed by atoms with E-state index < -0.39 is 11.7 Å². The van der Waals surface area contributed by atoms with Crippen molar-refractivity contribution in [1.29, 1.82) is 0 Å². The van der Waals surface area contributed by atoms with Crippen LogP contribution in [0.2, 0.25) is 0 Å². The van der Waals surface area contributed by atoms with Crippen molar-refractivity contribution in [2.75, 3.05) is 6.61 Å². The van der Waals surface area contributed by atoms with Gasteiger partial charge in [-0.05, 0) is 40.2 Å². The number of hydrogen-bond donors (Lipinski definition) is 0. The SMILES string of the molecule is C=C(C)CC(=O)OC(C)(C)CCOC(C)C(=O)C(=C)C. The summed E-state index contributed by atoms with van der Waals surface area (Å²) in [6.45, 7) is 16.4. The van der Waals surface area contributed by atoms with Crippen LogP contribution in [0.4, 0.5) is 0 Å². The number of ether oxygens (including phenoxy) is 2. The van der Waals surface area contributed by atoms with Crippen LogP contribution in [-0.4, -0.2) is 30.1 Å². The maximum atomic E-state index is 11.6. The van der Waals surface area contributed by atoms with Crippen LogP contribution < -0.4 is 0 Å². The van der Waals surface area contributed by atoms with Crippen molar-refractivity contribution < 1.29 is 19.1 Å². The molecule has 0 N–H and O–H groups in total. The van der Waals surface area contributed by atoms with Gasteiger partial charge in [-0.1, -0.05) is 18.7 Å². The van der Waals surface area contributed by atoms with Crippen molar-refractivity contribution in [3.05, 3.63) is 24.3 Å². The van der Waals surface area contributed by atoms with Crippen molar-refractivity contribution >= 4 is 11.8 Å². The molecule has 1 unspecified atom stereocenters. The number of carbonyl (C=O) groups excluding carboxylic acids is 2. The van der Waals surface area contributed by atoms with E-state index in [-0.39, 0.29) is 18.2 Å². The van der Waals surface area contributed by atoms with Gasteiger partial charge in [-0.2, -0.15) is 0 Å².